The lowest BCUT2D eigenvalue weighted by atomic mass is 10.3. The lowest BCUT2D eigenvalue weighted by Crippen LogP contribution is -2.26. The zero-order valence-corrected chi connectivity index (χ0v) is 7.54. The van der Waals surface area contributed by atoms with Gasteiger partial charge in [0.15, 0.2) is 0 Å². The van der Waals surface area contributed by atoms with Crippen molar-refractivity contribution < 1.29 is 0 Å². The van der Waals surface area contributed by atoms with Gasteiger partial charge in [-0.2, -0.15) is 0 Å². The van der Waals surface area contributed by atoms with Gasteiger partial charge >= 0.3 is 0 Å². The van der Waals surface area contributed by atoms with Crippen molar-refractivity contribution in [3.05, 3.63) is 40.5 Å². The Morgan fingerprint density at radius 2 is 2.17 bits per heavy atom. The highest BCUT2D eigenvalue weighted by atomic mass is 14.7. The number of hydrogen-bond acceptors (Lipinski definition) is 1. The van der Waals surface area contributed by atoms with E-state index in [-0.39, 0.29) is 0 Å². The highest BCUT2D eigenvalue weighted by Gasteiger charge is 1.84. The molecule has 1 aromatic rings. The minimum Gasteiger partial charge on any atom is -0.253 e. The summed E-state index contributed by atoms with van der Waals surface area (Å²) in [4.78, 5) is 4.34. The van der Waals surface area contributed by atoms with E-state index in [4.69, 9.17) is 0 Å². The van der Waals surface area contributed by atoms with Crippen molar-refractivity contribution >= 4 is 12.7 Å². The Kier molecular flexibility index (Phi) is 2.81. The molecule has 0 N–H and O–H groups in total. The van der Waals surface area contributed by atoms with Crippen LogP contribution in [0.25, 0.3) is 12.7 Å². The van der Waals surface area contributed by atoms with Crippen molar-refractivity contribution in [2.45, 2.75) is 13.8 Å². The molecule has 1 heterocycles. The Bertz CT molecular complexity index is 388. The molecule has 0 aliphatic heterocycles. The van der Waals surface area contributed by atoms with Gasteiger partial charge in [0.1, 0.15) is 0 Å². The van der Waals surface area contributed by atoms with Gasteiger partial charge < -0.3 is 0 Å². The van der Waals surface area contributed by atoms with Gasteiger partial charge in [-0.3, -0.25) is 4.98 Å². The fraction of sp³-hybridized carbons (Fsp3) is 0.182. The predicted molar refractivity (Wildman–Crippen MR) is 53.0 cm³/mol. The molecule has 1 heteroatoms. The monoisotopic (exact) mass is 159 g/mol. The normalized spacial score (nSPS) is 12.7. The SMILES string of the molecule is C=c1ccc(C)n/c1=C/C=C\C. The first-order valence-electron chi connectivity index (χ1n) is 3.99. The molecule has 0 saturated carbocycles. The van der Waals surface area contributed by atoms with Crippen LogP contribution in [0.3, 0.4) is 0 Å². The Morgan fingerprint density at radius 3 is 2.83 bits per heavy atom. The van der Waals surface area contributed by atoms with Gasteiger partial charge in [-0.1, -0.05) is 24.8 Å². The third kappa shape index (κ3) is 2.06. The fourth-order valence-corrected chi connectivity index (χ4v) is 0.937. The molecule has 1 aromatic heterocycles. The van der Waals surface area contributed by atoms with Gasteiger partial charge in [0.05, 0.1) is 5.35 Å². The molecule has 0 amide bonds. The van der Waals surface area contributed by atoms with Crippen LogP contribution in [-0.4, -0.2) is 4.98 Å². The van der Waals surface area contributed by atoms with Crippen LogP contribution >= 0.6 is 0 Å². The number of nitrogens with zero attached hydrogens (tertiary/aromatic N) is 1. The molecule has 0 unspecified atom stereocenters. The summed E-state index contributed by atoms with van der Waals surface area (Å²) in [5.41, 5.74) is 1.03. The fourth-order valence-electron chi connectivity index (χ4n) is 0.937. The molecule has 0 aliphatic rings. The molecule has 0 bridgehead atoms. The second-order valence-corrected chi connectivity index (χ2v) is 2.69. The van der Waals surface area contributed by atoms with Crippen molar-refractivity contribution in [3.63, 3.8) is 0 Å². The molecular formula is C11H13N. The number of aryl methyl sites for hydroxylation is 1. The first-order chi connectivity index (χ1) is 5.74. The molecule has 1 nitrogen and oxygen atoms in total. The molecule has 0 spiro atoms. The smallest absolute Gasteiger partial charge is 0.0699 e. The van der Waals surface area contributed by atoms with Crippen LogP contribution in [-0.2, 0) is 0 Å². The van der Waals surface area contributed by atoms with E-state index in [0.29, 0.717) is 0 Å². The zero-order valence-electron chi connectivity index (χ0n) is 7.54. The molecule has 12 heavy (non-hydrogen) atoms. The number of hydrogen-bond donors (Lipinski definition) is 0. The standard InChI is InChI=1S/C11H13N/c1-4-5-6-11-9(2)7-8-10(3)12-11/h4-8H,2H2,1,3H3/b5-4-,11-6+. The van der Waals surface area contributed by atoms with Crippen LogP contribution in [0.15, 0.2) is 24.3 Å². The number of rotatable bonds is 1. The maximum atomic E-state index is 4.34. The maximum absolute atomic E-state index is 4.34. The van der Waals surface area contributed by atoms with Crippen molar-refractivity contribution in [1.29, 1.82) is 0 Å². The van der Waals surface area contributed by atoms with E-state index in [9.17, 15) is 0 Å². The van der Waals surface area contributed by atoms with Gasteiger partial charge in [-0.25, -0.2) is 0 Å². The minimum absolute atomic E-state index is 0.952. The molecule has 62 valence electrons. The summed E-state index contributed by atoms with van der Waals surface area (Å²) in [7, 11) is 0. The van der Waals surface area contributed by atoms with E-state index >= 15 is 0 Å². The van der Waals surface area contributed by atoms with Crippen LogP contribution in [0.1, 0.15) is 12.6 Å². The summed E-state index contributed by atoms with van der Waals surface area (Å²) < 4.78 is 0. The van der Waals surface area contributed by atoms with Gasteiger partial charge in [-0.15, -0.1) is 0 Å². The summed E-state index contributed by atoms with van der Waals surface area (Å²) in [6.45, 7) is 7.85. The zero-order chi connectivity index (χ0) is 8.97. The van der Waals surface area contributed by atoms with Gasteiger partial charge in [0.2, 0.25) is 0 Å². The predicted octanol–water partition coefficient (Wildman–Crippen LogP) is 1.16. The second kappa shape index (κ2) is 3.86. The summed E-state index contributed by atoms with van der Waals surface area (Å²) in [5, 5.41) is 1.92. The number of pyridine rings is 1. The molecule has 1 rings (SSSR count). The Labute approximate surface area is 72.8 Å². The van der Waals surface area contributed by atoms with E-state index in [0.717, 1.165) is 16.3 Å². The largest absolute Gasteiger partial charge is 0.253 e. The van der Waals surface area contributed by atoms with Crippen LogP contribution in [0.4, 0.5) is 0 Å². The Morgan fingerprint density at radius 1 is 1.42 bits per heavy atom. The first-order valence-corrected chi connectivity index (χ1v) is 3.99. The van der Waals surface area contributed by atoms with E-state index in [1.54, 1.807) is 0 Å². The second-order valence-electron chi connectivity index (χ2n) is 2.69. The van der Waals surface area contributed by atoms with Crippen LogP contribution in [0.5, 0.6) is 0 Å². The van der Waals surface area contributed by atoms with Crippen molar-refractivity contribution in [3.8, 4) is 0 Å². The van der Waals surface area contributed by atoms with Gasteiger partial charge in [-0.05, 0) is 31.2 Å². The Hall–Kier alpha value is -1.37. The summed E-state index contributed by atoms with van der Waals surface area (Å²) in [6.07, 6.45) is 5.91. The topological polar surface area (TPSA) is 12.9 Å². The average Bonchev–Trinajstić information content (AvgIpc) is 2.07. The molecule has 0 saturated heterocycles. The molecule has 0 atom stereocenters. The van der Waals surface area contributed by atoms with Gasteiger partial charge in [0.25, 0.3) is 0 Å². The Balaban J connectivity index is 3.32. The highest BCUT2D eigenvalue weighted by Crippen LogP contribution is 1.80. The quantitative estimate of drug-likeness (QED) is 0.599. The molecule has 0 radical (unpaired) electrons. The molecule has 0 aliphatic carbocycles. The highest BCUT2D eigenvalue weighted by molar-refractivity contribution is 5.35. The average molecular weight is 159 g/mol. The third-order valence-electron chi connectivity index (χ3n) is 1.60. The third-order valence-corrected chi connectivity index (χ3v) is 1.60. The number of allylic oxidation sites excluding steroid dienone is 2. The molecule has 0 fully saturated rings. The van der Waals surface area contributed by atoms with Gasteiger partial charge in [0, 0.05) is 5.69 Å². The lowest BCUT2D eigenvalue weighted by molar-refractivity contribution is 1.13. The van der Waals surface area contributed by atoms with Crippen LogP contribution < -0.4 is 10.6 Å². The van der Waals surface area contributed by atoms with E-state index in [2.05, 4.69) is 11.6 Å². The van der Waals surface area contributed by atoms with E-state index in [1.807, 2.05) is 44.2 Å². The van der Waals surface area contributed by atoms with Crippen LogP contribution in [0.2, 0.25) is 0 Å². The molecular weight excluding hydrogens is 146 g/mol. The maximum Gasteiger partial charge on any atom is 0.0699 e. The van der Waals surface area contributed by atoms with Crippen molar-refractivity contribution in [2.24, 2.45) is 0 Å². The summed E-state index contributed by atoms with van der Waals surface area (Å²) in [6, 6.07) is 3.95. The minimum atomic E-state index is 0.952. The molecule has 0 aromatic carbocycles. The van der Waals surface area contributed by atoms with Crippen molar-refractivity contribution in [1.82, 2.24) is 4.98 Å². The van der Waals surface area contributed by atoms with Crippen molar-refractivity contribution in [2.75, 3.05) is 0 Å². The van der Waals surface area contributed by atoms with E-state index < -0.39 is 0 Å². The number of aromatic nitrogens is 1. The lowest BCUT2D eigenvalue weighted by Gasteiger charge is -1.90. The van der Waals surface area contributed by atoms with E-state index in [1.165, 1.54) is 0 Å². The summed E-state index contributed by atoms with van der Waals surface area (Å²) in [5.74, 6) is 0. The first kappa shape index (κ1) is 8.72. The van der Waals surface area contributed by atoms with Crippen LogP contribution in [0, 0.1) is 6.92 Å². The summed E-state index contributed by atoms with van der Waals surface area (Å²) >= 11 is 0.